The monoisotopic (exact) mass is 485 g/mol. The average Bonchev–Trinajstić information content (AvgIpc) is 3.36. The second kappa shape index (κ2) is 7.90. The van der Waals surface area contributed by atoms with Gasteiger partial charge in [-0.25, -0.2) is 13.8 Å². The fraction of sp³-hybridized carbons (Fsp3) is 0.423. The van der Waals surface area contributed by atoms with E-state index in [4.69, 9.17) is 0 Å². The number of para-hydroxylation sites is 1. The minimum Gasteiger partial charge on any atom is -0.306 e. The Labute approximate surface area is 199 Å². The van der Waals surface area contributed by atoms with Crippen LogP contribution in [0.2, 0.25) is 0 Å². The van der Waals surface area contributed by atoms with Crippen molar-refractivity contribution in [3.8, 4) is 0 Å². The summed E-state index contributed by atoms with van der Waals surface area (Å²) in [5, 5.41) is 5.54. The average molecular weight is 485 g/mol. The molecule has 3 aliphatic carbocycles. The van der Waals surface area contributed by atoms with Crippen molar-refractivity contribution in [1.29, 1.82) is 0 Å². The van der Waals surface area contributed by atoms with Crippen LogP contribution in [0.1, 0.15) is 42.9 Å². The molecule has 2 bridgehead atoms. The Morgan fingerprint density at radius 2 is 1.74 bits per heavy atom. The summed E-state index contributed by atoms with van der Waals surface area (Å²) in [6.45, 7) is 0.133. The molecule has 0 saturated heterocycles. The molecule has 9 heteroatoms. The van der Waals surface area contributed by atoms with Gasteiger partial charge in [0.15, 0.2) is 0 Å². The van der Waals surface area contributed by atoms with Crippen molar-refractivity contribution < 1.29 is 27.2 Å². The quantitative estimate of drug-likeness (QED) is 0.571. The SMILES string of the molecule is O=C([C@H]1CC(CN2C(=O)C(F)(F)c3ccccc32)C2CC1C2)N1N=CCC1c1cc(F)cc(F)c1. The van der Waals surface area contributed by atoms with Gasteiger partial charge < -0.3 is 4.90 Å². The van der Waals surface area contributed by atoms with Crippen LogP contribution in [0.3, 0.4) is 0 Å². The van der Waals surface area contributed by atoms with Crippen molar-refractivity contribution in [2.75, 3.05) is 11.4 Å². The van der Waals surface area contributed by atoms with Crippen molar-refractivity contribution in [1.82, 2.24) is 5.01 Å². The fourth-order valence-electron chi connectivity index (χ4n) is 6.28. The highest BCUT2D eigenvalue weighted by Crippen LogP contribution is 2.54. The molecule has 3 atom stereocenters. The molecule has 0 spiro atoms. The highest BCUT2D eigenvalue weighted by Gasteiger charge is 2.55. The van der Waals surface area contributed by atoms with Gasteiger partial charge in [-0.1, -0.05) is 18.2 Å². The molecule has 3 saturated carbocycles. The molecule has 7 rings (SSSR count). The molecule has 3 fully saturated rings. The number of hydrogen-bond acceptors (Lipinski definition) is 3. The summed E-state index contributed by atoms with van der Waals surface area (Å²) in [4.78, 5) is 27.3. The van der Waals surface area contributed by atoms with Gasteiger partial charge in [-0.2, -0.15) is 13.9 Å². The molecule has 2 unspecified atom stereocenters. The van der Waals surface area contributed by atoms with E-state index >= 15 is 0 Å². The van der Waals surface area contributed by atoms with Crippen LogP contribution in [0.4, 0.5) is 23.2 Å². The van der Waals surface area contributed by atoms with E-state index < -0.39 is 29.5 Å². The maximum absolute atomic E-state index is 14.6. The molecule has 182 valence electrons. The van der Waals surface area contributed by atoms with E-state index in [-0.39, 0.29) is 47.4 Å². The van der Waals surface area contributed by atoms with Crippen molar-refractivity contribution in [2.45, 2.75) is 37.6 Å². The normalized spacial score (nSPS) is 30.4. The molecule has 2 amide bonds. The van der Waals surface area contributed by atoms with Gasteiger partial charge in [0.05, 0.1) is 17.3 Å². The summed E-state index contributed by atoms with van der Waals surface area (Å²) in [5.74, 6) is -6.48. The largest absolute Gasteiger partial charge is 0.352 e. The van der Waals surface area contributed by atoms with Crippen LogP contribution in [0.15, 0.2) is 47.6 Å². The third-order valence-electron chi connectivity index (χ3n) is 8.11. The summed E-state index contributed by atoms with van der Waals surface area (Å²) in [7, 11) is 0. The van der Waals surface area contributed by atoms with Crippen LogP contribution in [0.5, 0.6) is 0 Å². The van der Waals surface area contributed by atoms with Gasteiger partial charge in [-0.3, -0.25) is 9.59 Å². The van der Waals surface area contributed by atoms with Gasteiger partial charge in [0, 0.05) is 31.2 Å². The second-order valence-electron chi connectivity index (χ2n) is 10.0. The number of halogens is 4. The minimum atomic E-state index is -3.56. The molecule has 5 aliphatic rings. The van der Waals surface area contributed by atoms with Crippen molar-refractivity contribution in [3.05, 3.63) is 65.2 Å². The summed E-state index contributed by atoms with van der Waals surface area (Å²) < 4.78 is 56.8. The number of hydrogen-bond donors (Lipinski definition) is 0. The van der Waals surface area contributed by atoms with Gasteiger partial charge >= 0.3 is 11.8 Å². The maximum Gasteiger partial charge on any atom is 0.352 e. The zero-order valence-corrected chi connectivity index (χ0v) is 18.7. The summed E-state index contributed by atoms with van der Waals surface area (Å²) in [6, 6.07) is 8.55. The van der Waals surface area contributed by atoms with E-state index in [1.165, 1.54) is 40.2 Å². The molecule has 5 nitrogen and oxygen atoms in total. The van der Waals surface area contributed by atoms with Crippen LogP contribution >= 0.6 is 0 Å². The zero-order valence-electron chi connectivity index (χ0n) is 18.7. The van der Waals surface area contributed by atoms with Crippen LogP contribution < -0.4 is 4.90 Å². The minimum absolute atomic E-state index is 0.100. The van der Waals surface area contributed by atoms with Crippen molar-refractivity contribution in [2.24, 2.45) is 28.8 Å². The molecule has 2 heterocycles. The van der Waals surface area contributed by atoms with E-state index in [1.807, 2.05) is 0 Å². The van der Waals surface area contributed by atoms with E-state index in [2.05, 4.69) is 5.10 Å². The molecule has 2 aromatic carbocycles. The maximum atomic E-state index is 14.6. The van der Waals surface area contributed by atoms with Crippen LogP contribution in [-0.4, -0.2) is 29.6 Å². The van der Waals surface area contributed by atoms with Gasteiger partial charge in [-0.15, -0.1) is 0 Å². The Kier molecular flexibility index (Phi) is 5.02. The summed E-state index contributed by atoms with van der Waals surface area (Å²) in [6.07, 6.45) is 3.96. The number of benzene rings is 2. The Bertz CT molecular complexity index is 1220. The number of fused-ring (bicyclic) bond motifs is 3. The van der Waals surface area contributed by atoms with Crippen LogP contribution in [-0.2, 0) is 15.5 Å². The van der Waals surface area contributed by atoms with Crippen LogP contribution in [0.25, 0.3) is 0 Å². The van der Waals surface area contributed by atoms with Crippen molar-refractivity contribution in [3.63, 3.8) is 0 Å². The number of hydrazone groups is 1. The molecular weight excluding hydrogens is 462 g/mol. The number of carbonyl (C=O) groups is 2. The molecule has 2 aliphatic heterocycles. The summed E-state index contributed by atoms with van der Waals surface area (Å²) in [5.41, 5.74) is 0.286. The lowest BCUT2D eigenvalue weighted by atomic mass is 9.55. The first-order chi connectivity index (χ1) is 16.7. The number of carbonyl (C=O) groups excluding carboxylic acids is 2. The van der Waals surface area contributed by atoms with Crippen molar-refractivity contribution >= 4 is 23.7 Å². The van der Waals surface area contributed by atoms with E-state index in [0.717, 1.165) is 18.9 Å². The predicted octanol–water partition coefficient (Wildman–Crippen LogP) is 5.02. The highest BCUT2D eigenvalue weighted by molar-refractivity contribution is 6.05. The third kappa shape index (κ3) is 3.46. The Morgan fingerprint density at radius 1 is 1.03 bits per heavy atom. The number of amides is 2. The Morgan fingerprint density at radius 3 is 2.49 bits per heavy atom. The first kappa shape index (κ1) is 22.2. The number of nitrogens with zero attached hydrogens (tertiary/aromatic N) is 3. The molecule has 2 aromatic rings. The molecule has 0 radical (unpaired) electrons. The number of alkyl halides is 2. The number of anilines is 1. The Hall–Kier alpha value is -3.23. The summed E-state index contributed by atoms with van der Waals surface area (Å²) >= 11 is 0. The lowest BCUT2D eigenvalue weighted by molar-refractivity contribution is -0.147. The number of rotatable bonds is 4. The highest BCUT2D eigenvalue weighted by atomic mass is 19.3. The zero-order chi connectivity index (χ0) is 24.5. The lowest BCUT2D eigenvalue weighted by Crippen LogP contribution is -2.52. The molecule has 0 aromatic heterocycles. The fourth-order valence-corrected chi connectivity index (χ4v) is 6.28. The third-order valence-corrected chi connectivity index (χ3v) is 8.11. The molecule has 0 N–H and O–H groups in total. The van der Waals surface area contributed by atoms with E-state index in [0.29, 0.717) is 18.4 Å². The smallest absolute Gasteiger partial charge is 0.306 e. The molecule has 35 heavy (non-hydrogen) atoms. The van der Waals surface area contributed by atoms with E-state index in [9.17, 15) is 27.2 Å². The lowest BCUT2D eigenvalue weighted by Gasteiger charge is -2.52. The van der Waals surface area contributed by atoms with Crippen LogP contribution in [0, 0.1) is 35.3 Å². The van der Waals surface area contributed by atoms with E-state index in [1.54, 1.807) is 12.3 Å². The predicted molar refractivity (Wildman–Crippen MR) is 120 cm³/mol. The topological polar surface area (TPSA) is 53.0 Å². The van der Waals surface area contributed by atoms with Gasteiger partial charge in [0.1, 0.15) is 11.6 Å². The first-order valence-electron chi connectivity index (χ1n) is 11.8. The van der Waals surface area contributed by atoms with Gasteiger partial charge in [-0.05, 0) is 60.8 Å². The van der Waals surface area contributed by atoms with Gasteiger partial charge in [0.2, 0.25) is 5.91 Å². The van der Waals surface area contributed by atoms with Gasteiger partial charge in [0.25, 0.3) is 0 Å². The second-order valence-corrected chi connectivity index (χ2v) is 10.0. The first-order valence-corrected chi connectivity index (χ1v) is 11.8. The Balaban J connectivity index is 1.21. The molecular formula is C26H23F4N3O2. The standard InChI is InChI=1S/C26H23F4N3O2/c27-18-9-16(10-19(28)12-18)22-5-6-31-33(22)24(34)20-11-17(14-7-15(20)8-14)13-32-23-4-2-1-3-21(23)26(29,30)25(32)35/h1-4,6,9-10,12,14-15,17,20,22H,5,7-8,11,13H2/t14?,15?,17?,20-,22?/m0/s1.